The van der Waals surface area contributed by atoms with E-state index in [4.69, 9.17) is 0 Å². The second kappa shape index (κ2) is 8.45. The number of anilines is 2. The van der Waals surface area contributed by atoms with Crippen molar-refractivity contribution in [3.05, 3.63) is 17.8 Å². The van der Waals surface area contributed by atoms with E-state index in [1.807, 2.05) is 25.7 Å². The van der Waals surface area contributed by atoms with Gasteiger partial charge in [-0.15, -0.1) is 7.77 Å². The van der Waals surface area contributed by atoms with Gasteiger partial charge in [0, 0.05) is 36.2 Å². The summed E-state index contributed by atoms with van der Waals surface area (Å²) in [7, 11) is -2.02. The maximum absolute atomic E-state index is 13.0. The van der Waals surface area contributed by atoms with E-state index in [0.717, 1.165) is 9.27 Å². The van der Waals surface area contributed by atoms with Crippen molar-refractivity contribution in [1.82, 2.24) is 14.6 Å². The fourth-order valence-electron chi connectivity index (χ4n) is 2.41. The molecule has 0 aliphatic carbocycles. The Hall–Kier alpha value is -1.20. The van der Waals surface area contributed by atoms with E-state index in [2.05, 4.69) is 16.0 Å². The highest BCUT2D eigenvalue weighted by molar-refractivity contribution is 8.13. The molecule has 0 spiro atoms. The van der Waals surface area contributed by atoms with Gasteiger partial charge < -0.3 is 4.90 Å². The van der Waals surface area contributed by atoms with Gasteiger partial charge in [-0.25, -0.2) is 4.98 Å². The third-order valence-corrected chi connectivity index (χ3v) is 6.53. The van der Waals surface area contributed by atoms with Crippen LogP contribution in [0.5, 0.6) is 0 Å². The summed E-state index contributed by atoms with van der Waals surface area (Å²) in [5.74, 6) is 5.51. The van der Waals surface area contributed by atoms with Crippen molar-refractivity contribution in [2.75, 3.05) is 33.2 Å². The standard InChI is InChI=1S/C12H15F2N5OS3.C2H6/c1-9-8-15-18-11(19(21-13)22-14)7-10(16-12(9)18)17-3-5-23(2,20)6-4-17;1-2/h7-8H,2-6H2,1H3;1-2H3. The molecule has 11 heteroatoms. The second-order valence-electron chi connectivity index (χ2n) is 5.29. The quantitative estimate of drug-likeness (QED) is 0.566. The second-order valence-corrected chi connectivity index (χ2v) is 9.28. The Kier molecular flexibility index (Phi) is 6.80. The number of fused-ring (bicyclic) bond motifs is 1. The first-order valence-corrected chi connectivity index (χ1v) is 11.2. The summed E-state index contributed by atoms with van der Waals surface area (Å²) >= 11 is -0.479. The van der Waals surface area contributed by atoms with Gasteiger partial charge in [-0.3, -0.25) is 4.21 Å². The topological polar surface area (TPSA) is 53.7 Å². The maximum Gasteiger partial charge on any atom is 0.179 e. The van der Waals surface area contributed by atoms with E-state index in [0.29, 0.717) is 36.1 Å². The van der Waals surface area contributed by atoms with Gasteiger partial charge in [0.1, 0.15) is 5.82 Å². The third kappa shape index (κ3) is 4.32. The van der Waals surface area contributed by atoms with E-state index in [9.17, 15) is 12.0 Å². The van der Waals surface area contributed by atoms with Crippen LogP contribution in [0.15, 0.2) is 12.3 Å². The first kappa shape index (κ1) is 20.1. The van der Waals surface area contributed by atoms with Crippen LogP contribution in [0.1, 0.15) is 19.4 Å². The smallest absolute Gasteiger partial charge is 0.179 e. The molecule has 0 bridgehead atoms. The number of hydrogen-bond donors (Lipinski definition) is 0. The van der Waals surface area contributed by atoms with Crippen LogP contribution in [-0.4, -0.2) is 49.3 Å². The highest BCUT2D eigenvalue weighted by atomic mass is 32.3. The first-order valence-electron chi connectivity index (χ1n) is 7.75. The lowest BCUT2D eigenvalue weighted by atomic mass is 10.3. The molecule has 1 aliphatic rings. The van der Waals surface area contributed by atoms with Gasteiger partial charge in [-0.2, -0.15) is 13.3 Å². The summed E-state index contributed by atoms with van der Waals surface area (Å²) < 4.78 is 40.2. The number of halogens is 2. The summed E-state index contributed by atoms with van der Waals surface area (Å²) in [4.78, 5) is 6.49. The van der Waals surface area contributed by atoms with Crippen molar-refractivity contribution in [2.45, 2.75) is 20.8 Å². The molecule has 0 atom stereocenters. The van der Waals surface area contributed by atoms with Crippen molar-refractivity contribution in [2.24, 2.45) is 0 Å². The molecule has 0 saturated carbocycles. The largest absolute Gasteiger partial charge is 0.355 e. The van der Waals surface area contributed by atoms with Gasteiger partial charge in [-0.1, -0.05) is 13.8 Å². The van der Waals surface area contributed by atoms with E-state index in [1.165, 1.54) is 4.52 Å². The lowest BCUT2D eigenvalue weighted by molar-refractivity contribution is 0.670. The summed E-state index contributed by atoms with van der Waals surface area (Å²) in [5.41, 5.74) is 1.34. The van der Waals surface area contributed by atoms with Gasteiger partial charge in [0.15, 0.2) is 36.1 Å². The fraction of sp³-hybridized carbons (Fsp3) is 0.500. The van der Waals surface area contributed by atoms with Crippen molar-refractivity contribution >= 4 is 57.3 Å². The molecule has 0 amide bonds. The number of hydrogen-bond acceptors (Lipinski definition) is 7. The highest BCUT2D eigenvalue weighted by Gasteiger charge is 2.23. The van der Waals surface area contributed by atoms with Crippen molar-refractivity contribution in [3.8, 4) is 0 Å². The molecule has 0 aromatic carbocycles. The molecule has 0 radical (unpaired) electrons. The molecule has 3 heterocycles. The van der Waals surface area contributed by atoms with E-state index < -0.39 is 9.52 Å². The van der Waals surface area contributed by atoms with Crippen molar-refractivity contribution in [1.29, 1.82) is 0 Å². The SMILES string of the molecule is C=S1(=O)CCN(c2cc(N(SF)SF)n3ncc(C)c3n2)CC1.CC. The predicted molar refractivity (Wildman–Crippen MR) is 106 cm³/mol. The van der Waals surface area contributed by atoms with Gasteiger partial charge in [0.05, 0.1) is 6.20 Å². The van der Waals surface area contributed by atoms with Crippen LogP contribution in [0.3, 0.4) is 0 Å². The van der Waals surface area contributed by atoms with Crippen molar-refractivity contribution in [3.63, 3.8) is 0 Å². The number of aryl methyl sites for hydroxylation is 1. The van der Waals surface area contributed by atoms with Crippen LogP contribution in [0.2, 0.25) is 0 Å². The molecule has 25 heavy (non-hydrogen) atoms. The van der Waals surface area contributed by atoms with Crippen LogP contribution < -0.4 is 8.61 Å². The monoisotopic (exact) mass is 409 g/mol. The van der Waals surface area contributed by atoms with Gasteiger partial charge in [0.2, 0.25) is 0 Å². The molecular weight excluding hydrogens is 388 g/mol. The Bertz CT molecular complexity index is 809. The van der Waals surface area contributed by atoms with E-state index >= 15 is 0 Å². The van der Waals surface area contributed by atoms with Crippen LogP contribution in [0.4, 0.5) is 19.4 Å². The lowest BCUT2D eigenvalue weighted by Crippen LogP contribution is -2.40. The molecule has 140 valence electrons. The van der Waals surface area contributed by atoms with E-state index in [1.54, 1.807) is 12.3 Å². The number of aromatic nitrogens is 3. The summed E-state index contributed by atoms with van der Waals surface area (Å²) in [5, 5.41) is 4.12. The Morgan fingerprint density at radius 3 is 2.44 bits per heavy atom. The molecule has 0 N–H and O–H groups in total. The number of rotatable bonds is 4. The first-order chi connectivity index (χ1) is 11.9. The molecule has 2 aromatic heterocycles. The van der Waals surface area contributed by atoms with Crippen LogP contribution in [0.25, 0.3) is 5.65 Å². The molecular formula is C14H21F2N5OS3. The van der Waals surface area contributed by atoms with Gasteiger partial charge in [0.25, 0.3) is 0 Å². The Morgan fingerprint density at radius 2 is 1.88 bits per heavy atom. The average molecular weight is 410 g/mol. The average Bonchev–Trinajstić information content (AvgIpc) is 2.99. The minimum Gasteiger partial charge on any atom is -0.355 e. The molecule has 1 aliphatic heterocycles. The highest BCUT2D eigenvalue weighted by Crippen LogP contribution is 2.34. The van der Waals surface area contributed by atoms with Crippen LogP contribution >= 0.6 is 24.7 Å². The molecule has 6 nitrogen and oxygen atoms in total. The van der Waals surface area contributed by atoms with Gasteiger partial charge >= 0.3 is 0 Å². The zero-order valence-corrected chi connectivity index (χ0v) is 16.8. The van der Waals surface area contributed by atoms with Crippen LogP contribution in [0, 0.1) is 6.92 Å². The molecule has 1 fully saturated rings. The molecule has 1 saturated heterocycles. The molecule has 2 aromatic rings. The normalized spacial score (nSPS) is 16.4. The third-order valence-electron chi connectivity index (χ3n) is 3.72. The summed E-state index contributed by atoms with van der Waals surface area (Å²) in [6, 6.07) is 1.58. The maximum atomic E-state index is 13.0. The fourth-order valence-corrected chi connectivity index (χ4v) is 4.21. The lowest BCUT2D eigenvalue weighted by Gasteiger charge is -2.30. The zero-order chi connectivity index (χ0) is 18.6. The van der Waals surface area contributed by atoms with Crippen LogP contribution in [-0.2, 0) is 9.52 Å². The Morgan fingerprint density at radius 1 is 1.28 bits per heavy atom. The predicted octanol–water partition coefficient (Wildman–Crippen LogP) is 3.47. The molecule has 3 rings (SSSR count). The van der Waals surface area contributed by atoms with Gasteiger partial charge in [-0.05, 0) is 22.3 Å². The Labute approximate surface area is 155 Å². The number of nitrogens with zero attached hydrogens (tertiary/aromatic N) is 5. The summed E-state index contributed by atoms with van der Waals surface area (Å²) in [6.45, 7) is 6.92. The Balaban J connectivity index is 0.00000109. The minimum absolute atomic E-state index is 0.235. The van der Waals surface area contributed by atoms with Crippen molar-refractivity contribution < 1.29 is 12.0 Å². The van der Waals surface area contributed by atoms with E-state index in [-0.39, 0.29) is 30.5 Å². The molecule has 0 unspecified atom stereocenters. The minimum atomic E-state index is -2.02. The summed E-state index contributed by atoms with van der Waals surface area (Å²) in [6.07, 6.45) is 1.60. The zero-order valence-electron chi connectivity index (χ0n) is 14.3.